The van der Waals surface area contributed by atoms with Crippen molar-refractivity contribution in [2.45, 2.75) is 0 Å². The Labute approximate surface area is 70.5 Å². The fraction of sp³-hybridized carbons (Fsp3) is 0. The van der Waals surface area contributed by atoms with Crippen LogP contribution in [0.1, 0.15) is 5.82 Å². The van der Waals surface area contributed by atoms with Crippen molar-refractivity contribution in [3.8, 4) is 0 Å². The molecule has 0 atom stereocenters. The number of hydrogen-bond acceptors (Lipinski definition) is 2. The van der Waals surface area contributed by atoms with Crippen molar-refractivity contribution in [2.24, 2.45) is 0 Å². The van der Waals surface area contributed by atoms with Gasteiger partial charge in [0.25, 0.3) is 0 Å². The largest absolute Gasteiger partial charge is 0.367 e. The maximum Gasteiger partial charge on any atom is 0.138 e. The highest BCUT2D eigenvalue weighted by molar-refractivity contribution is 5.70. The molecular weight excluding hydrogens is 150 g/mol. The zero-order chi connectivity index (χ0) is 8.23. The van der Waals surface area contributed by atoms with E-state index >= 15 is 0 Å². The van der Waals surface area contributed by atoms with Gasteiger partial charge in [0.05, 0.1) is 0 Å². The van der Waals surface area contributed by atoms with Gasteiger partial charge < -0.3 is 10.3 Å². The van der Waals surface area contributed by atoms with E-state index in [0.29, 0.717) is 0 Å². The molecule has 1 aliphatic rings. The first-order chi connectivity index (χ1) is 5.97. The average molecular weight is 159 g/mol. The second kappa shape index (κ2) is 3.09. The molecule has 2 N–H and O–H groups in total. The molecule has 1 aromatic heterocycles. The van der Waals surface area contributed by atoms with Gasteiger partial charge in [-0.3, -0.25) is 0 Å². The zero-order valence-corrected chi connectivity index (χ0v) is 6.49. The summed E-state index contributed by atoms with van der Waals surface area (Å²) in [4.78, 5) is 7.17. The lowest BCUT2D eigenvalue weighted by Gasteiger charge is -1.95. The molecule has 12 heavy (non-hydrogen) atoms. The number of imidazole rings is 1. The fourth-order valence-corrected chi connectivity index (χ4v) is 1.03. The van der Waals surface area contributed by atoms with E-state index < -0.39 is 0 Å². The van der Waals surface area contributed by atoms with Gasteiger partial charge in [0.15, 0.2) is 0 Å². The first-order valence-corrected chi connectivity index (χ1v) is 3.76. The summed E-state index contributed by atoms with van der Waals surface area (Å²) >= 11 is 0. The quantitative estimate of drug-likeness (QED) is 0.650. The molecule has 3 heteroatoms. The Morgan fingerprint density at radius 1 is 1.25 bits per heavy atom. The van der Waals surface area contributed by atoms with Gasteiger partial charge in [-0.25, -0.2) is 4.98 Å². The van der Waals surface area contributed by atoms with Gasteiger partial charge in [0, 0.05) is 30.4 Å². The predicted octanol–water partition coefficient (Wildman–Crippen LogP) is 1.42. The van der Waals surface area contributed by atoms with Gasteiger partial charge in [0.2, 0.25) is 0 Å². The third-order valence-corrected chi connectivity index (χ3v) is 1.59. The van der Waals surface area contributed by atoms with E-state index in [2.05, 4.69) is 15.3 Å². The van der Waals surface area contributed by atoms with Crippen LogP contribution in [0.3, 0.4) is 0 Å². The molecule has 0 amide bonds. The molecule has 0 spiro atoms. The number of hydrogen-bond donors (Lipinski definition) is 2. The van der Waals surface area contributed by atoms with Crippen LogP contribution >= 0.6 is 0 Å². The molecule has 2 rings (SSSR count). The van der Waals surface area contributed by atoms with Crippen LogP contribution in [0.4, 0.5) is 0 Å². The van der Waals surface area contributed by atoms with Crippen molar-refractivity contribution in [2.75, 3.05) is 0 Å². The fourth-order valence-electron chi connectivity index (χ4n) is 1.03. The van der Waals surface area contributed by atoms with Crippen molar-refractivity contribution >= 4 is 5.57 Å². The van der Waals surface area contributed by atoms with E-state index in [0.717, 1.165) is 11.4 Å². The summed E-state index contributed by atoms with van der Waals surface area (Å²) < 4.78 is 0. The van der Waals surface area contributed by atoms with E-state index in [4.69, 9.17) is 0 Å². The highest BCUT2D eigenvalue weighted by atomic mass is 14.9. The Morgan fingerprint density at radius 2 is 2.25 bits per heavy atom. The molecule has 0 aliphatic carbocycles. The van der Waals surface area contributed by atoms with E-state index in [1.807, 2.05) is 36.8 Å². The Kier molecular flexibility index (Phi) is 1.78. The molecule has 2 heterocycles. The molecule has 0 unspecified atom stereocenters. The maximum absolute atomic E-state index is 4.14. The van der Waals surface area contributed by atoms with Crippen molar-refractivity contribution in [3.63, 3.8) is 0 Å². The topological polar surface area (TPSA) is 40.7 Å². The van der Waals surface area contributed by atoms with Crippen LogP contribution in [0.5, 0.6) is 0 Å². The van der Waals surface area contributed by atoms with Crippen LogP contribution in [0.25, 0.3) is 5.57 Å². The van der Waals surface area contributed by atoms with Crippen LogP contribution in [0.15, 0.2) is 43.0 Å². The van der Waals surface area contributed by atoms with Crippen molar-refractivity contribution in [3.05, 3.63) is 48.8 Å². The summed E-state index contributed by atoms with van der Waals surface area (Å²) in [7, 11) is 0. The Bertz CT molecular complexity index is 331. The van der Waals surface area contributed by atoms with Crippen LogP contribution < -0.4 is 5.32 Å². The number of nitrogens with one attached hydrogen (secondary N) is 2. The molecule has 1 aliphatic heterocycles. The Morgan fingerprint density at radius 3 is 3.08 bits per heavy atom. The van der Waals surface area contributed by atoms with Gasteiger partial charge in [-0.05, 0) is 12.2 Å². The number of aromatic nitrogens is 2. The molecule has 3 nitrogen and oxygen atoms in total. The van der Waals surface area contributed by atoms with Gasteiger partial charge in [0.1, 0.15) is 5.82 Å². The van der Waals surface area contributed by atoms with Gasteiger partial charge in [-0.2, -0.15) is 0 Å². The van der Waals surface area contributed by atoms with E-state index in [1.54, 1.807) is 6.20 Å². The third kappa shape index (κ3) is 1.29. The molecule has 0 aromatic carbocycles. The Hall–Kier alpha value is -1.77. The van der Waals surface area contributed by atoms with E-state index in [9.17, 15) is 0 Å². The summed E-state index contributed by atoms with van der Waals surface area (Å²) in [6.45, 7) is 0. The zero-order valence-electron chi connectivity index (χ0n) is 6.49. The SMILES string of the molecule is C1=CNC=C(c2ncc[nH]2)C=C1. The first kappa shape index (κ1) is 6.91. The van der Waals surface area contributed by atoms with Crippen LogP contribution in [0, 0.1) is 0 Å². The molecule has 0 saturated carbocycles. The van der Waals surface area contributed by atoms with Gasteiger partial charge >= 0.3 is 0 Å². The lowest BCUT2D eigenvalue weighted by Crippen LogP contribution is -1.93. The minimum absolute atomic E-state index is 0.877. The number of rotatable bonds is 1. The van der Waals surface area contributed by atoms with Gasteiger partial charge in [-0.1, -0.05) is 6.08 Å². The summed E-state index contributed by atoms with van der Waals surface area (Å²) in [5.74, 6) is 0.877. The summed E-state index contributed by atoms with van der Waals surface area (Å²) in [6.07, 6.45) is 13.2. The predicted molar refractivity (Wildman–Crippen MR) is 48.0 cm³/mol. The molecule has 0 bridgehead atoms. The van der Waals surface area contributed by atoms with Crippen LogP contribution in [0.2, 0.25) is 0 Å². The molecule has 0 saturated heterocycles. The molecule has 0 fully saturated rings. The van der Waals surface area contributed by atoms with Crippen molar-refractivity contribution < 1.29 is 0 Å². The number of H-pyrrole nitrogens is 1. The van der Waals surface area contributed by atoms with E-state index in [-0.39, 0.29) is 0 Å². The standard InChI is InChI=1S/C9H9N3/c1-2-4-10-7-8(3-1)9-11-5-6-12-9/h1-7,10H,(H,11,12). The number of aromatic amines is 1. The second-order valence-corrected chi connectivity index (χ2v) is 2.42. The lowest BCUT2D eigenvalue weighted by atomic mass is 10.2. The highest BCUT2D eigenvalue weighted by Gasteiger charge is 1.98. The van der Waals surface area contributed by atoms with E-state index in [1.165, 1.54) is 0 Å². The lowest BCUT2D eigenvalue weighted by molar-refractivity contribution is 1.18. The summed E-state index contributed by atoms with van der Waals surface area (Å²) in [5, 5.41) is 3.02. The highest BCUT2D eigenvalue weighted by Crippen LogP contribution is 2.10. The molecule has 0 radical (unpaired) electrons. The monoisotopic (exact) mass is 159 g/mol. The normalized spacial score (nSPS) is 15.2. The average Bonchev–Trinajstić information content (AvgIpc) is 2.48. The molecule has 1 aromatic rings. The first-order valence-electron chi connectivity index (χ1n) is 3.76. The summed E-state index contributed by atoms with van der Waals surface area (Å²) in [6, 6.07) is 0. The Balaban J connectivity index is 2.30. The van der Waals surface area contributed by atoms with Crippen LogP contribution in [-0.4, -0.2) is 9.97 Å². The van der Waals surface area contributed by atoms with Crippen LogP contribution in [-0.2, 0) is 0 Å². The smallest absolute Gasteiger partial charge is 0.138 e. The van der Waals surface area contributed by atoms with Crippen molar-refractivity contribution in [1.29, 1.82) is 0 Å². The van der Waals surface area contributed by atoms with Gasteiger partial charge in [-0.15, -0.1) is 0 Å². The number of allylic oxidation sites excluding steroid dienone is 4. The molecular formula is C9H9N3. The van der Waals surface area contributed by atoms with Crippen molar-refractivity contribution in [1.82, 2.24) is 15.3 Å². The summed E-state index contributed by atoms with van der Waals surface area (Å²) in [5.41, 5.74) is 1.05. The maximum atomic E-state index is 4.14. The minimum Gasteiger partial charge on any atom is -0.367 e. The second-order valence-electron chi connectivity index (χ2n) is 2.42. The number of nitrogens with zero attached hydrogens (tertiary/aromatic N) is 1. The third-order valence-electron chi connectivity index (χ3n) is 1.59. The molecule has 60 valence electrons. The minimum atomic E-state index is 0.877.